The fourth-order valence-electron chi connectivity index (χ4n) is 4.92. The second kappa shape index (κ2) is 6.15. The van der Waals surface area contributed by atoms with Gasteiger partial charge >= 0.3 is 6.03 Å². The van der Waals surface area contributed by atoms with Crippen molar-refractivity contribution in [2.24, 2.45) is 17.8 Å². The molecule has 1 heterocycles. The fraction of sp³-hybridized carbons (Fsp3) is 0.524. The van der Waals surface area contributed by atoms with Crippen molar-refractivity contribution in [2.75, 3.05) is 14.2 Å². The molecule has 0 N–H and O–H groups in total. The van der Waals surface area contributed by atoms with Crippen LogP contribution in [0.3, 0.4) is 0 Å². The van der Waals surface area contributed by atoms with Crippen molar-refractivity contribution in [1.82, 2.24) is 9.80 Å². The lowest BCUT2D eigenvalue weighted by Crippen LogP contribution is -2.55. The average molecular weight is 354 g/mol. The number of carbonyl (C=O) groups is 2. The summed E-state index contributed by atoms with van der Waals surface area (Å²) in [7, 11) is 3.40. The molecule has 1 aliphatic heterocycles. The van der Waals surface area contributed by atoms with Crippen LogP contribution in [-0.4, -0.2) is 41.4 Å². The summed E-state index contributed by atoms with van der Waals surface area (Å²) in [6.07, 6.45) is 7.89. The van der Waals surface area contributed by atoms with Gasteiger partial charge < -0.3 is 9.64 Å². The Bertz CT molecular complexity index is 757. The normalized spacial score (nSPS) is 33.3. The predicted molar refractivity (Wildman–Crippen MR) is 98.6 cm³/mol. The molecule has 4 atom stereocenters. The van der Waals surface area contributed by atoms with Gasteiger partial charge in [0.05, 0.1) is 13.7 Å². The molecule has 2 fully saturated rings. The van der Waals surface area contributed by atoms with E-state index in [1.54, 1.807) is 19.1 Å². The van der Waals surface area contributed by atoms with Crippen LogP contribution in [0.25, 0.3) is 0 Å². The molecule has 5 rings (SSSR count). The molecule has 1 saturated heterocycles. The number of ether oxygens (including phenoxy) is 1. The number of rotatable bonds is 4. The van der Waals surface area contributed by atoms with Crippen LogP contribution in [0.5, 0.6) is 5.75 Å². The number of urea groups is 1. The highest BCUT2D eigenvalue weighted by Gasteiger charge is 2.59. The minimum Gasteiger partial charge on any atom is -0.497 e. The lowest BCUT2D eigenvalue weighted by molar-refractivity contribution is -0.137. The van der Waals surface area contributed by atoms with Crippen LogP contribution in [0, 0.1) is 17.8 Å². The third-order valence-corrected chi connectivity index (χ3v) is 6.69. The van der Waals surface area contributed by atoms with Gasteiger partial charge in [-0.1, -0.05) is 24.3 Å². The van der Waals surface area contributed by atoms with E-state index in [4.69, 9.17) is 4.74 Å². The van der Waals surface area contributed by atoms with E-state index < -0.39 is 5.54 Å². The molecule has 4 aliphatic rings. The molecule has 138 valence electrons. The summed E-state index contributed by atoms with van der Waals surface area (Å²) in [5.74, 6) is 1.85. The molecular weight excluding hydrogens is 328 g/mol. The van der Waals surface area contributed by atoms with Crippen molar-refractivity contribution in [3.8, 4) is 5.75 Å². The zero-order valence-corrected chi connectivity index (χ0v) is 15.6. The van der Waals surface area contributed by atoms with Gasteiger partial charge in [0.15, 0.2) is 0 Å². The second-order valence-corrected chi connectivity index (χ2v) is 7.96. The predicted octanol–water partition coefficient (Wildman–Crippen LogP) is 3.45. The Morgan fingerprint density at radius 1 is 1.15 bits per heavy atom. The summed E-state index contributed by atoms with van der Waals surface area (Å²) < 4.78 is 5.18. The van der Waals surface area contributed by atoms with Crippen molar-refractivity contribution in [2.45, 2.75) is 38.3 Å². The highest BCUT2D eigenvalue weighted by molar-refractivity contribution is 6.06. The van der Waals surface area contributed by atoms with Gasteiger partial charge in [0.1, 0.15) is 11.3 Å². The summed E-state index contributed by atoms with van der Waals surface area (Å²) in [5, 5.41) is 0. The maximum atomic E-state index is 13.4. The van der Waals surface area contributed by atoms with Crippen LogP contribution in [0.15, 0.2) is 36.4 Å². The number of methoxy groups -OCH3 is 1. The topological polar surface area (TPSA) is 49.9 Å². The van der Waals surface area contributed by atoms with E-state index >= 15 is 0 Å². The SMILES string of the molecule is COc1ccc(CN2C(=O)N(C)C(C)(C3CC4C=CC3CC4)C2=O)cc1. The number of benzene rings is 1. The Morgan fingerprint density at radius 3 is 2.42 bits per heavy atom. The fourth-order valence-corrected chi connectivity index (χ4v) is 4.92. The molecule has 1 aromatic carbocycles. The molecule has 0 aromatic heterocycles. The van der Waals surface area contributed by atoms with Crippen molar-refractivity contribution in [3.05, 3.63) is 42.0 Å². The first-order valence-electron chi connectivity index (χ1n) is 9.36. The van der Waals surface area contributed by atoms with E-state index in [-0.39, 0.29) is 17.9 Å². The number of nitrogens with zero attached hydrogens (tertiary/aromatic N) is 2. The monoisotopic (exact) mass is 354 g/mol. The largest absolute Gasteiger partial charge is 0.497 e. The number of imide groups is 1. The van der Waals surface area contributed by atoms with Crippen molar-refractivity contribution >= 4 is 11.9 Å². The molecule has 5 heteroatoms. The molecule has 3 amide bonds. The zero-order valence-electron chi connectivity index (χ0n) is 15.6. The summed E-state index contributed by atoms with van der Waals surface area (Å²) in [4.78, 5) is 29.4. The highest BCUT2D eigenvalue weighted by Crippen LogP contribution is 2.49. The van der Waals surface area contributed by atoms with Crippen LogP contribution in [0.2, 0.25) is 0 Å². The lowest BCUT2D eigenvalue weighted by atomic mass is 9.62. The van der Waals surface area contributed by atoms with Crippen LogP contribution in [-0.2, 0) is 11.3 Å². The molecule has 1 aromatic rings. The zero-order chi connectivity index (χ0) is 18.5. The maximum Gasteiger partial charge on any atom is 0.327 e. The Kier molecular flexibility index (Phi) is 4.05. The van der Waals surface area contributed by atoms with Gasteiger partial charge in [0.25, 0.3) is 5.91 Å². The molecule has 4 unspecified atom stereocenters. The molecule has 5 nitrogen and oxygen atoms in total. The van der Waals surface area contributed by atoms with Crippen LogP contribution < -0.4 is 4.74 Å². The molecule has 26 heavy (non-hydrogen) atoms. The van der Waals surface area contributed by atoms with Gasteiger partial charge in [-0.2, -0.15) is 0 Å². The molecule has 0 spiro atoms. The van der Waals surface area contributed by atoms with Gasteiger partial charge in [-0.25, -0.2) is 4.79 Å². The number of hydrogen-bond acceptors (Lipinski definition) is 3. The van der Waals surface area contributed by atoms with E-state index in [0.29, 0.717) is 18.4 Å². The minimum absolute atomic E-state index is 0.0632. The smallest absolute Gasteiger partial charge is 0.327 e. The highest BCUT2D eigenvalue weighted by atomic mass is 16.5. The average Bonchev–Trinajstić information content (AvgIpc) is 2.85. The number of fused-ring (bicyclic) bond motifs is 2. The molecule has 0 radical (unpaired) electrons. The third-order valence-electron chi connectivity index (χ3n) is 6.69. The number of likely N-dealkylation sites (N-methyl/N-ethyl adjacent to an activating group) is 1. The van der Waals surface area contributed by atoms with Crippen LogP contribution in [0.1, 0.15) is 31.7 Å². The Balaban J connectivity index is 1.59. The summed E-state index contributed by atoms with van der Waals surface area (Å²) in [6.45, 7) is 2.26. The van der Waals surface area contributed by atoms with Crippen molar-refractivity contribution in [3.63, 3.8) is 0 Å². The molecule has 3 aliphatic carbocycles. The maximum absolute atomic E-state index is 13.4. The number of amides is 3. The van der Waals surface area contributed by atoms with Gasteiger partial charge in [0.2, 0.25) is 0 Å². The summed E-state index contributed by atoms with van der Waals surface area (Å²) in [5.41, 5.74) is 0.174. The second-order valence-electron chi connectivity index (χ2n) is 7.96. The minimum atomic E-state index is -0.752. The van der Waals surface area contributed by atoms with E-state index in [2.05, 4.69) is 12.2 Å². The van der Waals surface area contributed by atoms with Crippen molar-refractivity contribution < 1.29 is 14.3 Å². The lowest BCUT2D eigenvalue weighted by Gasteiger charge is -2.47. The Hall–Kier alpha value is -2.30. The van der Waals surface area contributed by atoms with E-state index in [1.807, 2.05) is 31.2 Å². The molecule has 1 saturated carbocycles. The van der Waals surface area contributed by atoms with E-state index in [9.17, 15) is 9.59 Å². The van der Waals surface area contributed by atoms with Gasteiger partial charge in [-0.05, 0) is 61.6 Å². The van der Waals surface area contributed by atoms with Gasteiger partial charge in [0, 0.05) is 7.05 Å². The number of carbonyl (C=O) groups excluding carboxylic acids is 2. The van der Waals surface area contributed by atoms with Crippen LogP contribution in [0.4, 0.5) is 4.79 Å². The summed E-state index contributed by atoms with van der Waals surface area (Å²) in [6, 6.07) is 7.32. The van der Waals surface area contributed by atoms with E-state index in [1.165, 1.54) is 11.3 Å². The quantitative estimate of drug-likeness (QED) is 0.615. The van der Waals surface area contributed by atoms with Gasteiger partial charge in [-0.3, -0.25) is 9.69 Å². The third kappa shape index (κ3) is 2.44. The summed E-state index contributed by atoms with van der Waals surface area (Å²) >= 11 is 0. The van der Waals surface area contributed by atoms with E-state index in [0.717, 1.165) is 24.2 Å². The first-order valence-corrected chi connectivity index (χ1v) is 9.36. The standard InChI is InChI=1S/C21H26N2O3/c1-21(18-12-14-4-8-16(18)9-5-14)19(24)23(20(25)22(21)2)13-15-6-10-17(26-3)11-7-15/h4,6-8,10-11,14,16,18H,5,9,12-13H2,1-3H3. The van der Waals surface area contributed by atoms with Crippen molar-refractivity contribution in [1.29, 1.82) is 0 Å². The van der Waals surface area contributed by atoms with Crippen LogP contribution >= 0.6 is 0 Å². The number of hydrogen-bond donors (Lipinski definition) is 0. The first kappa shape index (κ1) is 17.1. The first-order chi connectivity index (χ1) is 12.4. The Labute approximate surface area is 154 Å². The molecule has 2 bridgehead atoms. The number of allylic oxidation sites excluding steroid dienone is 2. The Morgan fingerprint density at radius 2 is 1.88 bits per heavy atom. The van der Waals surface area contributed by atoms with Gasteiger partial charge in [-0.15, -0.1) is 0 Å². The molecular formula is C21H26N2O3.